The third-order valence-corrected chi connectivity index (χ3v) is 3.46. The molecule has 1 aliphatic heterocycles. The van der Waals surface area contributed by atoms with Gasteiger partial charge in [0.25, 0.3) is 5.91 Å². The van der Waals surface area contributed by atoms with Crippen molar-refractivity contribution in [2.75, 3.05) is 26.7 Å². The highest BCUT2D eigenvalue weighted by molar-refractivity contribution is 5.93. The Morgan fingerprint density at radius 3 is 2.84 bits per heavy atom. The molecule has 19 heavy (non-hydrogen) atoms. The molecule has 0 saturated carbocycles. The quantitative estimate of drug-likeness (QED) is 0.832. The number of rotatable bonds is 3. The number of likely N-dealkylation sites (tertiary alicyclic amines) is 1. The second kappa shape index (κ2) is 5.63. The zero-order valence-corrected chi connectivity index (χ0v) is 10.9. The van der Waals surface area contributed by atoms with Gasteiger partial charge in [-0.25, -0.2) is 4.39 Å². The van der Waals surface area contributed by atoms with Crippen LogP contribution in [0, 0.1) is 5.82 Å². The monoisotopic (exact) mass is 267 g/mol. The highest BCUT2D eigenvalue weighted by atomic mass is 19.1. The zero-order chi connectivity index (χ0) is 13.9. The largest absolute Gasteiger partial charge is 0.388 e. The van der Waals surface area contributed by atoms with E-state index in [-0.39, 0.29) is 12.1 Å². The highest BCUT2D eigenvalue weighted by Crippen LogP contribution is 2.20. The summed E-state index contributed by atoms with van der Waals surface area (Å²) in [5.41, 5.74) is -0.709. The Labute approximate surface area is 111 Å². The van der Waals surface area contributed by atoms with Gasteiger partial charge in [-0.2, -0.15) is 0 Å². The summed E-state index contributed by atoms with van der Waals surface area (Å²) in [5.74, 6) is -0.968. The third-order valence-electron chi connectivity index (χ3n) is 3.46. The Hall–Kier alpha value is -1.53. The highest BCUT2D eigenvalue weighted by Gasteiger charge is 2.31. The first-order valence-corrected chi connectivity index (χ1v) is 6.28. The molecule has 0 atom stereocenters. The summed E-state index contributed by atoms with van der Waals surface area (Å²) in [6.07, 6.45) is 3.58. The van der Waals surface area contributed by atoms with Crippen LogP contribution >= 0.6 is 0 Å². The fourth-order valence-electron chi connectivity index (χ4n) is 2.09. The number of carbonyl (C=O) groups excluding carboxylic acids is 1. The number of nitrogens with one attached hydrogen (secondary N) is 1. The average Bonchev–Trinajstić information content (AvgIpc) is 2.40. The van der Waals surface area contributed by atoms with Gasteiger partial charge in [-0.15, -0.1) is 0 Å². The fraction of sp³-hybridized carbons (Fsp3) is 0.538. The molecule has 1 aromatic heterocycles. The summed E-state index contributed by atoms with van der Waals surface area (Å²) in [6.45, 7) is 1.78. The minimum Gasteiger partial charge on any atom is -0.388 e. The van der Waals surface area contributed by atoms with Crippen LogP contribution in [0.15, 0.2) is 18.5 Å². The van der Waals surface area contributed by atoms with E-state index >= 15 is 0 Å². The van der Waals surface area contributed by atoms with E-state index in [1.54, 1.807) is 0 Å². The number of pyridine rings is 1. The van der Waals surface area contributed by atoms with E-state index in [2.05, 4.69) is 15.2 Å². The van der Waals surface area contributed by atoms with Gasteiger partial charge in [0.2, 0.25) is 0 Å². The Morgan fingerprint density at radius 1 is 1.53 bits per heavy atom. The lowest BCUT2D eigenvalue weighted by Crippen LogP contribution is -2.50. The van der Waals surface area contributed by atoms with Gasteiger partial charge in [0, 0.05) is 25.8 Å². The maximum Gasteiger partial charge on any atom is 0.253 e. The number of carbonyl (C=O) groups is 1. The summed E-state index contributed by atoms with van der Waals surface area (Å²) >= 11 is 0. The molecule has 1 fully saturated rings. The molecule has 2 rings (SSSR count). The first-order chi connectivity index (χ1) is 8.98. The van der Waals surface area contributed by atoms with Crippen LogP contribution in [-0.4, -0.2) is 53.2 Å². The molecule has 0 aromatic carbocycles. The number of aromatic nitrogens is 1. The molecule has 1 saturated heterocycles. The van der Waals surface area contributed by atoms with Gasteiger partial charge < -0.3 is 15.3 Å². The Kier molecular flexibility index (Phi) is 4.11. The van der Waals surface area contributed by atoms with Gasteiger partial charge in [0.05, 0.1) is 17.4 Å². The second-order valence-electron chi connectivity index (χ2n) is 5.10. The SMILES string of the molecule is CN1CCC(O)(CNC(=O)c2cncc(F)c2)CC1. The molecule has 1 aliphatic rings. The third kappa shape index (κ3) is 3.71. The summed E-state index contributed by atoms with van der Waals surface area (Å²) in [6, 6.07) is 1.13. The fourth-order valence-corrected chi connectivity index (χ4v) is 2.09. The lowest BCUT2D eigenvalue weighted by atomic mass is 9.91. The topological polar surface area (TPSA) is 65.5 Å². The van der Waals surface area contributed by atoms with Gasteiger partial charge >= 0.3 is 0 Å². The van der Waals surface area contributed by atoms with Crippen molar-refractivity contribution >= 4 is 5.91 Å². The standard InChI is InChI=1S/C13H18FN3O2/c1-17-4-2-13(19,3-5-17)9-16-12(18)10-6-11(14)8-15-7-10/h6-8,19H,2-5,9H2,1H3,(H,16,18). The second-order valence-corrected chi connectivity index (χ2v) is 5.10. The molecule has 0 radical (unpaired) electrons. The van der Waals surface area contributed by atoms with Crippen molar-refractivity contribution in [2.45, 2.75) is 18.4 Å². The van der Waals surface area contributed by atoms with E-state index in [0.29, 0.717) is 12.8 Å². The van der Waals surface area contributed by atoms with E-state index < -0.39 is 17.3 Å². The lowest BCUT2D eigenvalue weighted by Gasteiger charge is -2.36. The molecule has 0 unspecified atom stereocenters. The molecule has 2 heterocycles. The molecular weight excluding hydrogens is 249 g/mol. The minimum atomic E-state index is -0.872. The van der Waals surface area contributed by atoms with Crippen molar-refractivity contribution in [3.63, 3.8) is 0 Å². The maximum absolute atomic E-state index is 12.9. The van der Waals surface area contributed by atoms with Crippen LogP contribution in [0.4, 0.5) is 4.39 Å². The molecule has 6 heteroatoms. The Balaban J connectivity index is 1.90. The molecule has 0 bridgehead atoms. The van der Waals surface area contributed by atoms with Crippen molar-refractivity contribution in [1.82, 2.24) is 15.2 Å². The minimum absolute atomic E-state index is 0.163. The van der Waals surface area contributed by atoms with Gasteiger partial charge in [-0.05, 0) is 26.0 Å². The maximum atomic E-state index is 12.9. The molecule has 1 amide bonds. The number of hydrogen-bond acceptors (Lipinski definition) is 4. The molecule has 0 spiro atoms. The summed E-state index contributed by atoms with van der Waals surface area (Å²) in [5, 5.41) is 12.9. The van der Waals surface area contributed by atoms with Crippen LogP contribution in [0.1, 0.15) is 23.2 Å². The molecule has 5 nitrogen and oxygen atoms in total. The van der Waals surface area contributed by atoms with Crippen molar-refractivity contribution in [3.05, 3.63) is 29.8 Å². The predicted molar refractivity (Wildman–Crippen MR) is 68.2 cm³/mol. The molecule has 1 aromatic rings. The first-order valence-electron chi connectivity index (χ1n) is 6.28. The number of amides is 1. The number of hydrogen-bond donors (Lipinski definition) is 2. The average molecular weight is 267 g/mol. The number of piperidine rings is 1. The van der Waals surface area contributed by atoms with Crippen LogP contribution in [0.25, 0.3) is 0 Å². The van der Waals surface area contributed by atoms with E-state index in [1.165, 1.54) is 6.20 Å². The van der Waals surface area contributed by atoms with Gasteiger partial charge in [-0.3, -0.25) is 9.78 Å². The number of nitrogens with zero attached hydrogens (tertiary/aromatic N) is 2. The van der Waals surface area contributed by atoms with E-state index in [9.17, 15) is 14.3 Å². The van der Waals surface area contributed by atoms with Crippen LogP contribution in [0.3, 0.4) is 0 Å². The summed E-state index contributed by atoms with van der Waals surface area (Å²) in [7, 11) is 2.00. The van der Waals surface area contributed by atoms with Gasteiger partial charge in [0.1, 0.15) is 5.82 Å². The van der Waals surface area contributed by atoms with Crippen molar-refractivity contribution in [1.29, 1.82) is 0 Å². The molecule has 2 N–H and O–H groups in total. The van der Waals surface area contributed by atoms with Gasteiger partial charge in [-0.1, -0.05) is 0 Å². The van der Waals surface area contributed by atoms with Gasteiger partial charge in [0.15, 0.2) is 0 Å². The Bertz CT molecular complexity index is 459. The van der Waals surface area contributed by atoms with Crippen LogP contribution in [0.5, 0.6) is 0 Å². The van der Waals surface area contributed by atoms with Crippen LogP contribution < -0.4 is 5.32 Å². The molecule has 104 valence electrons. The number of aliphatic hydroxyl groups is 1. The smallest absolute Gasteiger partial charge is 0.253 e. The van der Waals surface area contributed by atoms with Crippen molar-refractivity contribution in [2.24, 2.45) is 0 Å². The number of halogens is 1. The zero-order valence-electron chi connectivity index (χ0n) is 10.9. The van der Waals surface area contributed by atoms with Crippen LogP contribution in [0.2, 0.25) is 0 Å². The normalized spacial score (nSPS) is 19.1. The predicted octanol–water partition coefficient (Wildman–Crippen LogP) is 0.407. The Morgan fingerprint density at radius 2 is 2.21 bits per heavy atom. The lowest BCUT2D eigenvalue weighted by molar-refractivity contribution is -0.0135. The first kappa shape index (κ1) is 13.9. The molecular formula is C13H18FN3O2. The van der Waals surface area contributed by atoms with Crippen molar-refractivity contribution in [3.8, 4) is 0 Å². The summed E-state index contributed by atoms with van der Waals surface area (Å²) in [4.78, 5) is 17.6. The van der Waals surface area contributed by atoms with E-state index in [1.807, 2.05) is 7.05 Å². The van der Waals surface area contributed by atoms with E-state index in [4.69, 9.17) is 0 Å². The van der Waals surface area contributed by atoms with Crippen molar-refractivity contribution < 1.29 is 14.3 Å². The summed E-state index contributed by atoms with van der Waals surface area (Å²) < 4.78 is 12.9. The van der Waals surface area contributed by atoms with E-state index in [0.717, 1.165) is 25.4 Å². The molecule has 0 aliphatic carbocycles. The van der Waals surface area contributed by atoms with Crippen LogP contribution in [-0.2, 0) is 0 Å².